The molecule has 0 aromatic heterocycles. The van der Waals surface area contributed by atoms with Gasteiger partial charge in [0.1, 0.15) is 5.75 Å². The van der Waals surface area contributed by atoms with Gasteiger partial charge in [-0.2, -0.15) is 0 Å². The summed E-state index contributed by atoms with van der Waals surface area (Å²) in [7, 11) is 1.64. The Bertz CT molecular complexity index is 726. The second kappa shape index (κ2) is 7.70. The largest absolute Gasteiger partial charge is 0.497 e. The van der Waals surface area contributed by atoms with Crippen LogP contribution in [0, 0.1) is 0 Å². The molecular formula is C21H25NO3. The molecule has 0 heterocycles. The first kappa shape index (κ1) is 17.5. The summed E-state index contributed by atoms with van der Waals surface area (Å²) in [5.74, 6) is 0.942. The first-order valence-electron chi connectivity index (χ1n) is 8.81. The van der Waals surface area contributed by atoms with Gasteiger partial charge in [0.05, 0.1) is 19.3 Å². The van der Waals surface area contributed by atoms with Crippen LogP contribution in [0.4, 0.5) is 0 Å². The summed E-state index contributed by atoms with van der Waals surface area (Å²) >= 11 is 0. The minimum atomic E-state index is -0.553. The molecule has 2 aromatic rings. The van der Waals surface area contributed by atoms with Crippen LogP contribution in [0.25, 0.3) is 0 Å². The van der Waals surface area contributed by atoms with E-state index in [0.717, 1.165) is 28.9 Å². The molecule has 4 nitrogen and oxygen atoms in total. The van der Waals surface area contributed by atoms with Gasteiger partial charge in [-0.05, 0) is 41.2 Å². The molecule has 0 saturated heterocycles. The normalized spacial score (nSPS) is 20.0. The van der Waals surface area contributed by atoms with Crippen molar-refractivity contribution >= 4 is 5.91 Å². The van der Waals surface area contributed by atoms with E-state index in [2.05, 4.69) is 12.2 Å². The van der Waals surface area contributed by atoms with Crippen molar-refractivity contribution in [3.8, 4) is 5.75 Å². The highest BCUT2D eigenvalue weighted by molar-refractivity contribution is 5.77. The van der Waals surface area contributed by atoms with Gasteiger partial charge in [0, 0.05) is 12.8 Å². The van der Waals surface area contributed by atoms with E-state index in [-0.39, 0.29) is 17.9 Å². The second-order valence-corrected chi connectivity index (χ2v) is 6.60. The molecule has 0 radical (unpaired) electrons. The van der Waals surface area contributed by atoms with Crippen molar-refractivity contribution in [1.82, 2.24) is 5.32 Å². The van der Waals surface area contributed by atoms with Crippen LogP contribution < -0.4 is 10.1 Å². The molecule has 2 N–H and O–H groups in total. The van der Waals surface area contributed by atoms with Crippen LogP contribution in [0.5, 0.6) is 5.75 Å². The smallest absolute Gasteiger partial charge is 0.221 e. The highest BCUT2D eigenvalue weighted by Crippen LogP contribution is 2.32. The lowest BCUT2D eigenvalue weighted by Gasteiger charge is -2.21. The van der Waals surface area contributed by atoms with Crippen LogP contribution in [-0.4, -0.2) is 24.2 Å². The third-order valence-electron chi connectivity index (χ3n) is 5.03. The molecule has 1 aliphatic rings. The standard InChI is InChI=1S/C21H25NO3/c1-3-14(15-8-10-17(25-2)11-9-15)13-20(24)22-21-18-7-5-4-6-16(18)12-19(21)23/h4-11,14,19,21,23H,3,12-13H2,1-2H3,(H,22,24). The second-order valence-electron chi connectivity index (χ2n) is 6.60. The van der Waals surface area contributed by atoms with E-state index in [0.29, 0.717) is 12.8 Å². The number of aliphatic hydroxyl groups is 1. The van der Waals surface area contributed by atoms with Crippen LogP contribution >= 0.6 is 0 Å². The van der Waals surface area contributed by atoms with Crippen molar-refractivity contribution in [2.45, 2.75) is 44.2 Å². The third kappa shape index (κ3) is 3.85. The number of benzene rings is 2. The average Bonchev–Trinajstić information content (AvgIpc) is 2.95. The fraction of sp³-hybridized carbons (Fsp3) is 0.381. The van der Waals surface area contributed by atoms with Gasteiger partial charge in [-0.1, -0.05) is 43.3 Å². The quantitative estimate of drug-likeness (QED) is 0.848. The lowest BCUT2D eigenvalue weighted by atomic mass is 9.92. The van der Waals surface area contributed by atoms with Crippen molar-refractivity contribution in [3.05, 3.63) is 65.2 Å². The fourth-order valence-corrected chi connectivity index (χ4v) is 3.58. The van der Waals surface area contributed by atoms with Crippen molar-refractivity contribution in [1.29, 1.82) is 0 Å². The molecule has 0 spiro atoms. The Morgan fingerprint density at radius 3 is 2.64 bits per heavy atom. The number of aliphatic hydroxyl groups excluding tert-OH is 1. The van der Waals surface area contributed by atoms with Crippen molar-refractivity contribution < 1.29 is 14.6 Å². The van der Waals surface area contributed by atoms with Crippen molar-refractivity contribution in [2.24, 2.45) is 0 Å². The Hall–Kier alpha value is -2.33. The van der Waals surface area contributed by atoms with Gasteiger partial charge in [0.15, 0.2) is 0 Å². The lowest BCUT2D eigenvalue weighted by molar-refractivity contribution is -0.123. The number of rotatable bonds is 6. The molecule has 1 aliphatic carbocycles. The maximum atomic E-state index is 12.6. The molecule has 3 rings (SSSR count). The molecule has 25 heavy (non-hydrogen) atoms. The molecule has 2 aromatic carbocycles. The molecule has 0 saturated carbocycles. The number of fused-ring (bicyclic) bond motifs is 1. The minimum absolute atomic E-state index is 0.0246. The Balaban J connectivity index is 1.66. The van der Waals surface area contributed by atoms with E-state index in [1.54, 1.807) is 7.11 Å². The Morgan fingerprint density at radius 1 is 1.24 bits per heavy atom. The summed E-state index contributed by atoms with van der Waals surface area (Å²) < 4.78 is 5.19. The monoisotopic (exact) mass is 339 g/mol. The van der Waals surface area contributed by atoms with Gasteiger partial charge < -0.3 is 15.2 Å². The summed E-state index contributed by atoms with van der Waals surface area (Å²) in [6, 6.07) is 15.5. The van der Waals surface area contributed by atoms with Crippen molar-refractivity contribution in [3.63, 3.8) is 0 Å². The Morgan fingerprint density at radius 2 is 1.96 bits per heavy atom. The van der Waals surface area contributed by atoms with Crippen LogP contribution in [0.2, 0.25) is 0 Å². The minimum Gasteiger partial charge on any atom is -0.497 e. The first-order valence-corrected chi connectivity index (χ1v) is 8.81. The molecule has 0 fully saturated rings. The van der Waals surface area contributed by atoms with Gasteiger partial charge in [-0.25, -0.2) is 0 Å². The Kier molecular flexibility index (Phi) is 5.39. The molecular weight excluding hydrogens is 314 g/mol. The summed E-state index contributed by atoms with van der Waals surface area (Å²) in [4.78, 5) is 12.6. The number of ether oxygens (including phenoxy) is 1. The highest BCUT2D eigenvalue weighted by atomic mass is 16.5. The zero-order chi connectivity index (χ0) is 17.8. The third-order valence-corrected chi connectivity index (χ3v) is 5.03. The summed E-state index contributed by atoms with van der Waals surface area (Å²) in [5.41, 5.74) is 3.27. The predicted octanol–water partition coefficient (Wildman–Crippen LogP) is 3.35. The van der Waals surface area contributed by atoms with E-state index >= 15 is 0 Å². The summed E-state index contributed by atoms with van der Waals surface area (Å²) in [6.07, 6.45) is 1.33. The lowest BCUT2D eigenvalue weighted by Crippen LogP contribution is -2.34. The molecule has 1 amide bonds. The maximum Gasteiger partial charge on any atom is 0.221 e. The number of hydrogen-bond acceptors (Lipinski definition) is 3. The average molecular weight is 339 g/mol. The van der Waals surface area contributed by atoms with Gasteiger partial charge in [0.25, 0.3) is 0 Å². The Labute approximate surface area is 148 Å². The first-order chi connectivity index (χ1) is 12.1. The van der Waals surface area contributed by atoms with E-state index in [1.165, 1.54) is 0 Å². The van der Waals surface area contributed by atoms with Crippen LogP contribution in [0.3, 0.4) is 0 Å². The van der Waals surface area contributed by atoms with E-state index < -0.39 is 6.10 Å². The number of carbonyl (C=O) groups excluding carboxylic acids is 1. The number of amides is 1. The molecule has 4 heteroatoms. The fourth-order valence-electron chi connectivity index (χ4n) is 3.58. The molecule has 0 bridgehead atoms. The highest BCUT2D eigenvalue weighted by Gasteiger charge is 2.32. The SMILES string of the molecule is CCC(CC(=O)NC1c2ccccc2CC1O)c1ccc(OC)cc1. The molecule has 3 unspecified atom stereocenters. The molecule has 0 aliphatic heterocycles. The van der Waals surface area contributed by atoms with Gasteiger partial charge >= 0.3 is 0 Å². The maximum absolute atomic E-state index is 12.6. The number of hydrogen-bond donors (Lipinski definition) is 2. The van der Waals surface area contributed by atoms with Crippen LogP contribution in [0.15, 0.2) is 48.5 Å². The van der Waals surface area contributed by atoms with Crippen LogP contribution in [-0.2, 0) is 11.2 Å². The zero-order valence-corrected chi connectivity index (χ0v) is 14.7. The van der Waals surface area contributed by atoms with Gasteiger partial charge in [0.2, 0.25) is 5.91 Å². The van der Waals surface area contributed by atoms with Crippen LogP contribution in [0.1, 0.15) is 48.4 Å². The zero-order valence-electron chi connectivity index (χ0n) is 14.7. The summed E-state index contributed by atoms with van der Waals surface area (Å²) in [5, 5.41) is 13.3. The topological polar surface area (TPSA) is 58.6 Å². The van der Waals surface area contributed by atoms with Crippen molar-refractivity contribution in [2.75, 3.05) is 7.11 Å². The van der Waals surface area contributed by atoms with E-state index in [1.807, 2.05) is 48.5 Å². The number of carbonyl (C=O) groups is 1. The number of methoxy groups -OCH3 is 1. The molecule has 3 atom stereocenters. The van der Waals surface area contributed by atoms with Gasteiger partial charge in [-0.15, -0.1) is 0 Å². The molecule has 132 valence electrons. The summed E-state index contributed by atoms with van der Waals surface area (Å²) in [6.45, 7) is 2.09. The predicted molar refractivity (Wildman–Crippen MR) is 97.7 cm³/mol. The van der Waals surface area contributed by atoms with E-state index in [9.17, 15) is 9.90 Å². The van der Waals surface area contributed by atoms with E-state index in [4.69, 9.17) is 4.74 Å². The number of nitrogens with one attached hydrogen (secondary N) is 1. The van der Waals surface area contributed by atoms with Gasteiger partial charge in [-0.3, -0.25) is 4.79 Å².